The Bertz CT molecular complexity index is 357. The second-order valence-electron chi connectivity index (χ2n) is 3.69. The predicted octanol–water partition coefficient (Wildman–Crippen LogP) is -0.665. The number of carboxylic acids is 1. The Morgan fingerprint density at radius 2 is 2.31 bits per heavy atom. The van der Waals surface area contributed by atoms with E-state index < -0.39 is 12.0 Å². The molecule has 16 heavy (non-hydrogen) atoms. The Hall–Kier alpha value is -1.53. The lowest BCUT2D eigenvalue weighted by molar-refractivity contribution is -0.144. The molecule has 0 aromatic carbocycles. The van der Waals surface area contributed by atoms with Gasteiger partial charge in [-0.2, -0.15) is 0 Å². The van der Waals surface area contributed by atoms with Gasteiger partial charge in [0.25, 0.3) is 0 Å². The summed E-state index contributed by atoms with van der Waals surface area (Å²) >= 11 is 0. The quantitative estimate of drug-likeness (QED) is 0.706. The van der Waals surface area contributed by atoms with Gasteiger partial charge in [0, 0.05) is 32.0 Å². The molecule has 0 spiro atoms. The smallest absolute Gasteiger partial charge is 0.322 e. The van der Waals surface area contributed by atoms with Gasteiger partial charge in [0.1, 0.15) is 11.9 Å². The van der Waals surface area contributed by atoms with Gasteiger partial charge in [-0.05, 0) is 6.07 Å². The van der Waals surface area contributed by atoms with Crippen LogP contribution in [0.5, 0.6) is 0 Å². The van der Waals surface area contributed by atoms with Gasteiger partial charge < -0.3 is 10.4 Å². The highest BCUT2D eigenvalue weighted by Crippen LogP contribution is 2.07. The maximum Gasteiger partial charge on any atom is 0.322 e. The number of carboxylic acid groups (broad SMARTS) is 1. The average Bonchev–Trinajstić information content (AvgIpc) is 2.31. The number of nitrogens with zero attached hydrogens (tertiary/aromatic N) is 3. The lowest BCUT2D eigenvalue weighted by Gasteiger charge is -2.32. The minimum atomic E-state index is -0.803. The van der Waals surface area contributed by atoms with Crippen molar-refractivity contribution >= 4 is 5.97 Å². The molecule has 1 aliphatic heterocycles. The zero-order valence-corrected chi connectivity index (χ0v) is 8.83. The number of hydrogen-bond donors (Lipinski definition) is 2. The average molecular weight is 222 g/mol. The van der Waals surface area contributed by atoms with Crippen LogP contribution in [-0.2, 0) is 11.3 Å². The fraction of sp³-hybridized carbons (Fsp3) is 0.500. The maximum atomic E-state index is 11.0. The molecule has 6 nitrogen and oxygen atoms in total. The minimum absolute atomic E-state index is 0.474. The highest BCUT2D eigenvalue weighted by Gasteiger charge is 2.28. The van der Waals surface area contributed by atoms with Crippen LogP contribution in [0.4, 0.5) is 0 Å². The summed E-state index contributed by atoms with van der Waals surface area (Å²) in [6, 6.07) is 1.26. The van der Waals surface area contributed by atoms with Crippen LogP contribution in [0, 0.1) is 0 Å². The van der Waals surface area contributed by atoms with Crippen molar-refractivity contribution in [3.8, 4) is 0 Å². The number of piperazine rings is 1. The third kappa shape index (κ3) is 2.53. The summed E-state index contributed by atoms with van der Waals surface area (Å²) in [4.78, 5) is 21.1. The molecule has 0 amide bonds. The summed E-state index contributed by atoms with van der Waals surface area (Å²) in [5, 5.41) is 12.1. The van der Waals surface area contributed by atoms with Crippen LogP contribution in [0.25, 0.3) is 0 Å². The van der Waals surface area contributed by atoms with Crippen molar-refractivity contribution in [2.24, 2.45) is 0 Å². The maximum absolute atomic E-state index is 11.0. The van der Waals surface area contributed by atoms with Crippen LogP contribution < -0.4 is 5.32 Å². The van der Waals surface area contributed by atoms with E-state index in [1.807, 2.05) is 4.90 Å². The zero-order chi connectivity index (χ0) is 11.4. The number of aliphatic carboxylic acids is 1. The number of nitrogens with one attached hydrogen (secondary N) is 1. The SMILES string of the molecule is O=C(O)C1CNCCN1Cc1ncccn1. The second kappa shape index (κ2) is 5.00. The largest absolute Gasteiger partial charge is 0.480 e. The summed E-state index contributed by atoms with van der Waals surface area (Å²) < 4.78 is 0. The Balaban J connectivity index is 2.04. The highest BCUT2D eigenvalue weighted by atomic mass is 16.4. The van der Waals surface area contributed by atoms with Crippen LogP contribution in [-0.4, -0.2) is 51.6 Å². The van der Waals surface area contributed by atoms with E-state index in [9.17, 15) is 4.79 Å². The molecule has 1 unspecified atom stereocenters. The van der Waals surface area contributed by atoms with Crippen LogP contribution in [0.3, 0.4) is 0 Å². The van der Waals surface area contributed by atoms with E-state index in [1.165, 1.54) is 0 Å². The second-order valence-corrected chi connectivity index (χ2v) is 3.69. The van der Waals surface area contributed by atoms with Crippen LogP contribution >= 0.6 is 0 Å². The Morgan fingerprint density at radius 1 is 1.56 bits per heavy atom. The molecule has 1 atom stereocenters. The van der Waals surface area contributed by atoms with Crippen molar-refractivity contribution < 1.29 is 9.90 Å². The first-order valence-electron chi connectivity index (χ1n) is 5.21. The van der Waals surface area contributed by atoms with Crippen molar-refractivity contribution in [2.75, 3.05) is 19.6 Å². The molecule has 1 aromatic rings. The van der Waals surface area contributed by atoms with E-state index in [1.54, 1.807) is 18.5 Å². The third-order valence-corrected chi connectivity index (χ3v) is 2.60. The van der Waals surface area contributed by atoms with Crippen molar-refractivity contribution in [3.05, 3.63) is 24.3 Å². The van der Waals surface area contributed by atoms with E-state index in [4.69, 9.17) is 5.11 Å². The number of carbonyl (C=O) groups is 1. The molecular weight excluding hydrogens is 208 g/mol. The Morgan fingerprint density at radius 3 is 3.00 bits per heavy atom. The van der Waals surface area contributed by atoms with E-state index in [2.05, 4.69) is 15.3 Å². The van der Waals surface area contributed by atoms with E-state index in [0.717, 1.165) is 6.54 Å². The lowest BCUT2D eigenvalue weighted by atomic mass is 10.2. The summed E-state index contributed by atoms with van der Waals surface area (Å²) in [5.41, 5.74) is 0. The molecule has 1 aromatic heterocycles. The summed E-state index contributed by atoms with van der Waals surface area (Å²) in [6.45, 7) is 2.47. The third-order valence-electron chi connectivity index (χ3n) is 2.60. The zero-order valence-electron chi connectivity index (χ0n) is 8.83. The van der Waals surface area contributed by atoms with E-state index >= 15 is 0 Å². The fourth-order valence-corrected chi connectivity index (χ4v) is 1.77. The monoisotopic (exact) mass is 222 g/mol. The minimum Gasteiger partial charge on any atom is -0.480 e. The van der Waals surface area contributed by atoms with Gasteiger partial charge in [0.05, 0.1) is 6.54 Å². The van der Waals surface area contributed by atoms with Crippen molar-refractivity contribution in [1.29, 1.82) is 0 Å². The van der Waals surface area contributed by atoms with Crippen LogP contribution in [0.1, 0.15) is 5.82 Å². The van der Waals surface area contributed by atoms with Gasteiger partial charge in [-0.15, -0.1) is 0 Å². The summed E-state index contributed by atoms with van der Waals surface area (Å²) in [6.07, 6.45) is 3.33. The molecule has 6 heteroatoms. The summed E-state index contributed by atoms with van der Waals surface area (Å²) in [7, 11) is 0. The topological polar surface area (TPSA) is 78.4 Å². The normalized spacial score (nSPS) is 21.9. The van der Waals surface area contributed by atoms with E-state index in [0.29, 0.717) is 25.5 Å². The molecule has 2 heterocycles. The highest BCUT2D eigenvalue weighted by molar-refractivity contribution is 5.73. The Labute approximate surface area is 93.3 Å². The lowest BCUT2D eigenvalue weighted by Crippen LogP contribution is -2.54. The van der Waals surface area contributed by atoms with Gasteiger partial charge in [0.2, 0.25) is 0 Å². The Kier molecular flexibility index (Phi) is 3.43. The molecule has 0 saturated carbocycles. The molecule has 0 aliphatic carbocycles. The first-order chi connectivity index (χ1) is 7.77. The molecule has 2 rings (SSSR count). The first-order valence-corrected chi connectivity index (χ1v) is 5.21. The molecule has 86 valence electrons. The van der Waals surface area contributed by atoms with Gasteiger partial charge in [-0.25, -0.2) is 9.97 Å². The van der Waals surface area contributed by atoms with Crippen LogP contribution in [0.15, 0.2) is 18.5 Å². The number of aromatic nitrogens is 2. The standard InChI is InChI=1S/C10H14N4O2/c15-10(16)8-6-11-4-5-14(8)7-9-12-2-1-3-13-9/h1-3,8,11H,4-7H2,(H,15,16). The number of rotatable bonds is 3. The van der Waals surface area contributed by atoms with Crippen LogP contribution in [0.2, 0.25) is 0 Å². The molecular formula is C10H14N4O2. The summed E-state index contributed by atoms with van der Waals surface area (Å²) in [5.74, 6) is -0.140. The molecule has 1 aliphatic rings. The van der Waals surface area contributed by atoms with Gasteiger partial charge >= 0.3 is 5.97 Å². The number of hydrogen-bond acceptors (Lipinski definition) is 5. The van der Waals surface area contributed by atoms with Crippen molar-refractivity contribution in [3.63, 3.8) is 0 Å². The molecule has 1 saturated heterocycles. The molecule has 0 bridgehead atoms. The van der Waals surface area contributed by atoms with Gasteiger partial charge in [0.15, 0.2) is 0 Å². The van der Waals surface area contributed by atoms with Crippen molar-refractivity contribution in [2.45, 2.75) is 12.6 Å². The molecule has 0 radical (unpaired) electrons. The predicted molar refractivity (Wildman–Crippen MR) is 56.7 cm³/mol. The molecule has 1 fully saturated rings. The fourth-order valence-electron chi connectivity index (χ4n) is 1.77. The van der Waals surface area contributed by atoms with Gasteiger partial charge in [-0.3, -0.25) is 9.69 Å². The van der Waals surface area contributed by atoms with Crippen molar-refractivity contribution in [1.82, 2.24) is 20.2 Å². The molecule has 2 N–H and O–H groups in total. The first kappa shape index (κ1) is 11.0. The van der Waals surface area contributed by atoms with E-state index in [-0.39, 0.29) is 0 Å². The van der Waals surface area contributed by atoms with Gasteiger partial charge in [-0.1, -0.05) is 0 Å².